The van der Waals surface area contributed by atoms with Crippen molar-refractivity contribution in [3.8, 4) is 5.69 Å². The molecule has 8 heteroatoms. The van der Waals surface area contributed by atoms with Crippen LogP contribution in [0.5, 0.6) is 0 Å². The summed E-state index contributed by atoms with van der Waals surface area (Å²) < 4.78 is 1.65. The summed E-state index contributed by atoms with van der Waals surface area (Å²) in [6.07, 6.45) is 0.790. The summed E-state index contributed by atoms with van der Waals surface area (Å²) in [5.74, 6) is 0.163. The fourth-order valence-electron chi connectivity index (χ4n) is 2.77. The molecular weight excluding hydrogens is 394 g/mol. The van der Waals surface area contributed by atoms with Gasteiger partial charge in [0, 0.05) is 5.02 Å². The maximum atomic E-state index is 12.5. The Morgan fingerprint density at radius 3 is 2.61 bits per heavy atom. The van der Waals surface area contributed by atoms with Gasteiger partial charge in [-0.2, -0.15) is 4.68 Å². The largest absolute Gasteiger partial charge is 0.349 e. The molecule has 0 aliphatic heterocycles. The Labute approximate surface area is 173 Å². The quantitative estimate of drug-likeness (QED) is 0.582. The number of carbonyl (C=O) groups is 1. The normalized spacial score (nSPS) is 12.0. The van der Waals surface area contributed by atoms with Crippen molar-refractivity contribution < 1.29 is 4.79 Å². The molecule has 1 unspecified atom stereocenters. The number of halogens is 1. The van der Waals surface area contributed by atoms with Gasteiger partial charge in [0.05, 0.1) is 17.5 Å². The van der Waals surface area contributed by atoms with Crippen LogP contribution in [0.15, 0.2) is 47.6 Å². The standard InChI is InChI=1S/C20H22ClN5OS/c1-4-18(15-6-8-16(21)9-7-15)22-19(27)12-28-20-23-24-25-26(20)17-10-5-13(2)14(3)11-17/h5-11,18H,4,12H2,1-3H3,(H,22,27). The highest BCUT2D eigenvalue weighted by Crippen LogP contribution is 2.22. The third-order valence-corrected chi connectivity index (χ3v) is 5.70. The third kappa shape index (κ3) is 4.91. The van der Waals surface area contributed by atoms with Gasteiger partial charge in [-0.25, -0.2) is 0 Å². The van der Waals surface area contributed by atoms with Gasteiger partial charge < -0.3 is 5.32 Å². The lowest BCUT2D eigenvalue weighted by Gasteiger charge is -2.17. The number of aryl methyl sites for hydroxylation is 2. The van der Waals surface area contributed by atoms with Crippen molar-refractivity contribution in [1.29, 1.82) is 0 Å². The molecule has 6 nitrogen and oxygen atoms in total. The lowest BCUT2D eigenvalue weighted by Crippen LogP contribution is -2.29. The average Bonchev–Trinajstić information content (AvgIpc) is 3.16. The first-order valence-electron chi connectivity index (χ1n) is 9.01. The number of aromatic nitrogens is 4. The fourth-order valence-corrected chi connectivity index (χ4v) is 3.60. The summed E-state index contributed by atoms with van der Waals surface area (Å²) in [6, 6.07) is 13.5. The SMILES string of the molecule is CCC(NC(=O)CSc1nnnn1-c1ccc(C)c(C)c1)c1ccc(Cl)cc1. The zero-order valence-electron chi connectivity index (χ0n) is 16.0. The number of tetrazole rings is 1. The van der Waals surface area contributed by atoms with Crippen LogP contribution in [0.4, 0.5) is 0 Å². The van der Waals surface area contributed by atoms with Crippen LogP contribution in [0.1, 0.15) is 36.1 Å². The molecule has 1 aromatic heterocycles. The van der Waals surface area contributed by atoms with Gasteiger partial charge in [-0.15, -0.1) is 5.10 Å². The summed E-state index contributed by atoms with van der Waals surface area (Å²) in [6.45, 7) is 6.14. The second-order valence-corrected chi connectivity index (χ2v) is 7.89. The number of nitrogens with zero attached hydrogens (tertiary/aromatic N) is 4. The maximum absolute atomic E-state index is 12.5. The van der Waals surface area contributed by atoms with E-state index in [1.807, 2.05) is 56.3 Å². The number of nitrogens with one attached hydrogen (secondary N) is 1. The van der Waals surface area contributed by atoms with Crippen molar-refractivity contribution in [2.75, 3.05) is 5.75 Å². The molecule has 1 heterocycles. The molecular formula is C20H22ClN5OS. The van der Waals surface area contributed by atoms with E-state index >= 15 is 0 Å². The predicted octanol–water partition coefficient (Wildman–Crippen LogP) is 4.29. The van der Waals surface area contributed by atoms with E-state index in [0.29, 0.717) is 10.2 Å². The van der Waals surface area contributed by atoms with Gasteiger partial charge in [0.15, 0.2) is 0 Å². The Bertz CT molecular complexity index is 957. The summed E-state index contributed by atoms with van der Waals surface area (Å²) in [4.78, 5) is 12.5. The Kier molecular flexibility index (Phi) is 6.70. The predicted molar refractivity (Wildman–Crippen MR) is 112 cm³/mol. The highest BCUT2D eigenvalue weighted by molar-refractivity contribution is 7.99. The van der Waals surface area contributed by atoms with Crippen molar-refractivity contribution in [2.24, 2.45) is 0 Å². The van der Waals surface area contributed by atoms with Crippen LogP contribution in [0.2, 0.25) is 5.02 Å². The first-order valence-corrected chi connectivity index (χ1v) is 10.4. The van der Waals surface area contributed by atoms with E-state index in [0.717, 1.165) is 23.2 Å². The molecule has 0 saturated carbocycles. The lowest BCUT2D eigenvalue weighted by atomic mass is 10.0. The van der Waals surface area contributed by atoms with Crippen LogP contribution in [0.25, 0.3) is 5.69 Å². The van der Waals surface area contributed by atoms with Gasteiger partial charge >= 0.3 is 0 Å². The Balaban J connectivity index is 1.64. The Morgan fingerprint density at radius 1 is 1.18 bits per heavy atom. The Hall–Kier alpha value is -2.38. The number of carbonyl (C=O) groups excluding carboxylic acids is 1. The van der Waals surface area contributed by atoms with Crippen molar-refractivity contribution in [1.82, 2.24) is 25.5 Å². The van der Waals surface area contributed by atoms with E-state index in [2.05, 4.69) is 27.8 Å². The van der Waals surface area contributed by atoms with Gasteiger partial charge in [-0.3, -0.25) is 4.79 Å². The molecule has 146 valence electrons. The number of hydrogen-bond acceptors (Lipinski definition) is 5. The van der Waals surface area contributed by atoms with Crippen LogP contribution >= 0.6 is 23.4 Å². The van der Waals surface area contributed by atoms with Gasteiger partial charge in [0.1, 0.15) is 0 Å². The van der Waals surface area contributed by atoms with E-state index in [9.17, 15) is 4.79 Å². The highest BCUT2D eigenvalue weighted by Gasteiger charge is 2.15. The fraction of sp³-hybridized carbons (Fsp3) is 0.300. The molecule has 2 aromatic carbocycles. The lowest BCUT2D eigenvalue weighted by molar-refractivity contribution is -0.119. The molecule has 0 radical (unpaired) electrons. The molecule has 0 spiro atoms. The first-order chi connectivity index (χ1) is 13.5. The van der Waals surface area contributed by atoms with Crippen molar-refractivity contribution in [3.05, 3.63) is 64.2 Å². The molecule has 0 fully saturated rings. The number of amides is 1. The van der Waals surface area contributed by atoms with Crippen LogP contribution in [0, 0.1) is 13.8 Å². The second-order valence-electron chi connectivity index (χ2n) is 6.51. The summed E-state index contributed by atoms with van der Waals surface area (Å²) in [7, 11) is 0. The molecule has 1 amide bonds. The first kappa shape index (κ1) is 20.4. The van der Waals surface area contributed by atoms with Crippen molar-refractivity contribution in [3.63, 3.8) is 0 Å². The smallest absolute Gasteiger partial charge is 0.230 e. The van der Waals surface area contributed by atoms with E-state index in [1.165, 1.54) is 17.3 Å². The summed E-state index contributed by atoms with van der Waals surface area (Å²) in [5, 5.41) is 16.2. The van der Waals surface area contributed by atoms with Crippen LogP contribution < -0.4 is 5.32 Å². The van der Waals surface area contributed by atoms with Crippen LogP contribution in [-0.4, -0.2) is 31.9 Å². The van der Waals surface area contributed by atoms with Gasteiger partial charge in [0.2, 0.25) is 11.1 Å². The molecule has 1 N–H and O–H groups in total. The zero-order valence-corrected chi connectivity index (χ0v) is 17.6. The molecule has 0 aliphatic rings. The second kappa shape index (κ2) is 9.21. The number of thioether (sulfide) groups is 1. The molecule has 28 heavy (non-hydrogen) atoms. The van der Waals surface area contributed by atoms with E-state index in [-0.39, 0.29) is 17.7 Å². The summed E-state index contributed by atoms with van der Waals surface area (Å²) >= 11 is 7.25. The molecule has 1 atom stereocenters. The van der Waals surface area contributed by atoms with E-state index in [1.54, 1.807) is 4.68 Å². The minimum Gasteiger partial charge on any atom is -0.349 e. The Morgan fingerprint density at radius 2 is 1.93 bits per heavy atom. The number of benzene rings is 2. The van der Waals surface area contributed by atoms with E-state index < -0.39 is 0 Å². The monoisotopic (exact) mass is 415 g/mol. The minimum absolute atomic E-state index is 0.0545. The topological polar surface area (TPSA) is 72.7 Å². The van der Waals surface area contributed by atoms with Gasteiger partial charge in [0.25, 0.3) is 0 Å². The molecule has 0 bridgehead atoms. The average molecular weight is 416 g/mol. The summed E-state index contributed by atoms with van der Waals surface area (Å²) in [5.41, 5.74) is 4.28. The van der Waals surface area contributed by atoms with E-state index in [4.69, 9.17) is 11.6 Å². The van der Waals surface area contributed by atoms with Crippen LogP contribution in [-0.2, 0) is 4.79 Å². The third-order valence-electron chi connectivity index (χ3n) is 4.52. The minimum atomic E-state index is -0.0681. The number of hydrogen-bond donors (Lipinski definition) is 1. The molecule has 3 aromatic rings. The molecule has 0 saturated heterocycles. The zero-order chi connectivity index (χ0) is 20.1. The van der Waals surface area contributed by atoms with Crippen molar-refractivity contribution in [2.45, 2.75) is 38.4 Å². The van der Waals surface area contributed by atoms with Gasteiger partial charge in [-0.1, -0.05) is 48.5 Å². The highest BCUT2D eigenvalue weighted by atomic mass is 35.5. The maximum Gasteiger partial charge on any atom is 0.230 e. The molecule has 0 aliphatic carbocycles. The van der Waals surface area contributed by atoms with Crippen LogP contribution in [0.3, 0.4) is 0 Å². The number of rotatable bonds is 7. The molecule has 3 rings (SSSR count). The van der Waals surface area contributed by atoms with Gasteiger partial charge in [-0.05, 0) is 71.7 Å². The van der Waals surface area contributed by atoms with Crippen molar-refractivity contribution >= 4 is 29.3 Å².